The lowest BCUT2D eigenvalue weighted by atomic mass is 10.1. The number of fused-ring (bicyclic) bond motifs is 1. The van der Waals surface area contributed by atoms with Crippen molar-refractivity contribution in [2.75, 3.05) is 18.5 Å². The van der Waals surface area contributed by atoms with Crippen molar-refractivity contribution in [2.24, 2.45) is 0 Å². The summed E-state index contributed by atoms with van der Waals surface area (Å²) in [7, 11) is -1.71. The molecule has 0 atom stereocenters. The number of hydrogen-bond acceptors (Lipinski definition) is 6. The third-order valence-corrected chi connectivity index (χ3v) is 8.02. The van der Waals surface area contributed by atoms with Crippen molar-refractivity contribution in [1.29, 1.82) is 0 Å². The van der Waals surface area contributed by atoms with Gasteiger partial charge in [-0.3, -0.25) is 0 Å². The minimum Gasteiger partial charge on any atom is -0.438 e. The standard InChI is InChI=1S/C28H28N4O3S/c1-21-10-9-13-23(18-21)35-27-25-20-32(36(33,34)24-14-7-4-8-15-24)17-16-26(25)29-28(30-27)31(2)19-22-11-5-3-6-12-22/h3-15,18H,16-17,19-20H2,1-2H3. The van der Waals surface area contributed by atoms with Gasteiger partial charge in [-0.2, -0.15) is 9.29 Å². The summed E-state index contributed by atoms with van der Waals surface area (Å²) in [4.78, 5) is 11.9. The maximum absolute atomic E-state index is 13.3. The number of sulfonamides is 1. The van der Waals surface area contributed by atoms with Gasteiger partial charge in [-0.05, 0) is 42.3 Å². The number of aromatic nitrogens is 2. The lowest BCUT2D eigenvalue weighted by molar-refractivity contribution is 0.369. The molecule has 36 heavy (non-hydrogen) atoms. The van der Waals surface area contributed by atoms with Crippen molar-refractivity contribution in [3.8, 4) is 11.6 Å². The van der Waals surface area contributed by atoms with Gasteiger partial charge in [0.1, 0.15) is 5.75 Å². The second-order valence-corrected chi connectivity index (χ2v) is 10.9. The summed E-state index contributed by atoms with van der Waals surface area (Å²) >= 11 is 0. The molecular weight excluding hydrogens is 472 g/mol. The van der Waals surface area contributed by atoms with Gasteiger partial charge in [0.25, 0.3) is 0 Å². The summed E-state index contributed by atoms with van der Waals surface area (Å²) in [6, 6.07) is 26.3. The first-order chi connectivity index (χ1) is 17.4. The molecule has 8 heteroatoms. The first kappa shape index (κ1) is 24.0. The molecule has 5 rings (SSSR count). The summed E-state index contributed by atoms with van der Waals surface area (Å²) in [6.45, 7) is 3.12. The van der Waals surface area contributed by atoms with Gasteiger partial charge in [0.05, 0.1) is 16.2 Å². The molecule has 2 heterocycles. The first-order valence-corrected chi connectivity index (χ1v) is 13.3. The molecule has 184 valence electrons. The molecular formula is C28H28N4O3S. The van der Waals surface area contributed by atoms with E-state index in [1.165, 1.54) is 4.31 Å². The lowest BCUT2D eigenvalue weighted by Crippen LogP contribution is -2.37. The molecule has 7 nitrogen and oxygen atoms in total. The molecule has 0 N–H and O–H groups in total. The fourth-order valence-electron chi connectivity index (χ4n) is 4.27. The molecule has 3 aromatic carbocycles. The van der Waals surface area contributed by atoms with E-state index in [1.807, 2.05) is 61.3 Å². The number of ether oxygens (including phenoxy) is 1. The number of hydrogen-bond donors (Lipinski definition) is 0. The molecule has 0 unspecified atom stereocenters. The highest BCUT2D eigenvalue weighted by Gasteiger charge is 2.32. The monoisotopic (exact) mass is 500 g/mol. The third kappa shape index (κ3) is 5.10. The molecule has 1 aliphatic heterocycles. The van der Waals surface area contributed by atoms with Gasteiger partial charge in [-0.15, -0.1) is 0 Å². The summed E-state index contributed by atoms with van der Waals surface area (Å²) in [5, 5.41) is 0. The predicted octanol–water partition coefficient (Wildman–Crippen LogP) is 4.96. The minimum absolute atomic E-state index is 0.149. The SMILES string of the molecule is Cc1cccc(Oc2nc(N(C)Cc3ccccc3)nc3c2CN(S(=O)(=O)c2ccccc2)CC3)c1. The van der Waals surface area contributed by atoms with Crippen LogP contribution in [0.3, 0.4) is 0 Å². The molecule has 0 bridgehead atoms. The zero-order valence-corrected chi connectivity index (χ0v) is 21.1. The van der Waals surface area contributed by atoms with E-state index in [2.05, 4.69) is 12.1 Å². The van der Waals surface area contributed by atoms with E-state index in [9.17, 15) is 8.42 Å². The van der Waals surface area contributed by atoms with Gasteiger partial charge in [-0.1, -0.05) is 60.7 Å². The van der Waals surface area contributed by atoms with Crippen LogP contribution in [0.2, 0.25) is 0 Å². The molecule has 0 aliphatic carbocycles. The molecule has 0 saturated heterocycles. The largest absolute Gasteiger partial charge is 0.438 e. The van der Waals surface area contributed by atoms with Crippen LogP contribution in [-0.4, -0.2) is 36.3 Å². The minimum atomic E-state index is -3.66. The Morgan fingerprint density at radius 2 is 1.67 bits per heavy atom. The van der Waals surface area contributed by atoms with Crippen molar-refractivity contribution in [1.82, 2.24) is 14.3 Å². The molecule has 0 radical (unpaired) electrons. The van der Waals surface area contributed by atoms with E-state index in [4.69, 9.17) is 14.7 Å². The van der Waals surface area contributed by atoms with Gasteiger partial charge >= 0.3 is 0 Å². The quantitative estimate of drug-likeness (QED) is 0.357. The van der Waals surface area contributed by atoms with Crippen LogP contribution >= 0.6 is 0 Å². The maximum atomic E-state index is 13.3. The number of anilines is 1. The van der Waals surface area contributed by atoms with Crippen molar-refractivity contribution in [3.05, 3.63) is 107 Å². The molecule has 0 saturated carbocycles. The Bertz CT molecular complexity index is 1460. The summed E-state index contributed by atoms with van der Waals surface area (Å²) in [6.07, 6.45) is 0.472. The van der Waals surface area contributed by atoms with Crippen LogP contribution in [0.1, 0.15) is 22.4 Å². The maximum Gasteiger partial charge on any atom is 0.243 e. The van der Waals surface area contributed by atoms with Crippen molar-refractivity contribution >= 4 is 16.0 Å². The van der Waals surface area contributed by atoms with E-state index in [1.54, 1.807) is 30.3 Å². The van der Waals surface area contributed by atoms with E-state index < -0.39 is 10.0 Å². The van der Waals surface area contributed by atoms with Crippen LogP contribution in [0.4, 0.5) is 5.95 Å². The van der Waals surface area contributed by atoms with E-state index in [-0.39, 0.29) is 11.4 Å². The van der Waals surface area contributed by atoms with Gasteiger partial charge in [0.15, 0.2) is 0 Å². The van der Waals surface area contributed by atoms with Gasteiger partial charge in [0, 0.05) is 33.1 Å². The summed E-state index contributed by atoms with van der Waals surface area (Å²) < 4.78 is 34.4. The Balaban J connectivity index is 1.51. The second-order valence-electron chi connectivity index (χ2n) is 8.92. The highest BCUT2D eigenvalue weighted by Crippen LogP contribution is 2.33. The Hall–Kier alpha value is -3.75. The molecule has 1 aromatic heterocycles. The van der Waals surface area contributed by atoms with Gasteiger partial charge in [-0.25, -0.2) is 13.4 Å². The topological polar surface area (TPSA) is 75.6 Å². The fraction of sp³-hybridized carbons (Fsp3) is 0.214. The smallest absolute Gasteiger partial charge is 0.243 e. The van der Waals surface area contributed by atoms with Crippen LogP contribution in [0.25, 0.3) is 0 Å². The second kappa shape index (κ2) is 10.1. The van der Waals surface area contributed by atoms with Crippen molar-refractivity contribution < 1.29 is 13.2 Å². The van der Waals surface area contributed by atoms with Crippen LogP contribution in [0.15, 0.2) is 89.8 Å². The Kier molecular flexibility index (Phi) is 6.71. The van der Waals surface area contributed by atoms with E-state index >= 15 is 0 Å². The van der Waals surface area contributed by atoms with Crippen LogP contribution < -0.4 is 9.64 Å². The number of benzene rings is 3. The molecule has 0 spiro atoms. The first-order valence-electron chi connectivity index (χ1n) is 11.8. The average molecular weight is 501 g/mol. The Morgan fingerprint density at radius 3 is 2.39 bits per heavy atom. The Morgan fingerprint density at radius 1 is 0.944 bits per heavy atom. The van der Waals surface area contributed by atoms with Crippen LogP contribution in [0, 0.1) is 6.92 Å². The number of nitrogens with zero attached hydrogens (tertiary/aromatic N) is 4. The predicted molar refractivity (Wildman–Crippen MR) is 140 cm³/mol. The van der Waals surface area contributed by atoms with E-state index in [0.29, 0.717) is 42.7 Å². The Labute approximate surface area is 212 Å². The van der Waals surface area contributed by atoms with Gasteiger partial charge < -0.3 is 9.64 Å². The average Bonchev–Trinajstić information content (AvgIpc) is 2.89. The highest BCUT2D eigenvalue weighted by molar-refractivity contribution is 7.89. The molecule has 4 aromatic rings. The summed E-state index contributed by atoms with van der Waals surface area (Å²) in [5.74, 6) is 1.57. The highest BCUT2D eigenvalue weighted by atomic mass is 32.2. The van der Waals surface area contributed by atoms with E-state index in [0.717, 1.165) is 16.8 Å². The van der Waals surface area contributed by atoms with Crippen molar-refractivity contribution in [2.45, 2.75) is 31.3 Å². The zero-order valence-electron chi connectivity index (χ0n) is 20.3. The molecule has 0 fully saturated rings. The fourth-order valence-corrected chi connectivity index (χ4v) is 5.70. The summed E-state index contributed by atoms with van der Waals surface area (Å²) in [5.41, 5.74) is 3.70. The normalized spacial score (nSPS) is 13.7. The van der Waals surface area contributed by atoms with Gasteiger partial charge in [0.2, 0.25) is 21.9 Å². The molecule has 0 amide bonds. The van der Waals surface area contributed by atoms with Crippen LogP contribution in [0.5, 0.6) is 11.6 Å². The van der Waals surface area contributed by atoms with Crippen molar-refractivity contribution in [3.63, 3.8) is 0 Å². The molecule has 1 aliphatic rings. The lowest BCUT2D eigenvalue weighted by Gasteiger charge is -2.29. The zero-order chi connectivity index (χ0) is 25.1. The third-order valence-electron chi connectivity index (χ3n) is 6.16. The van der Waals surface area contributed by atoms with Crippen LogP contribution in [-0.2, 0) is 29.5 Å². The number of rotatable bonds is 7. The number of aryl methyl sites for hydroxylation is 1.